The van der Waals surface area contributed by atoms with Gasteiger partial charge in [-0.3, -0.25) is 9.69 Å². The predicted octanol–water partition coefficient (Wildman–Crippen LogP) is 2.49. The molecular formula is C11H13BrFNO2. The summed E-state index contributed by atoms with van der Waals surface area (Å²) in [6, 6.07) is 3.94. The van der Waals surface area contributed by atoms with Crippen LogP contribution in [0.15, 0.2) is 22.7 Å². The van der Waals surface area contributed by atoms with E-state index in [0.29, 0.717) is 11.0 Å². The molecule has 1 aromatic rings. The Bertz CT molecular complexity index is 377. The lowest BCUT2D eigenvalue weighted by Gasteiger charge is -2.21. The summed E-state index contributed by atoms with van der Waals surface area (Å²) in [7, 11) is 1.69. The number of carboxylic acids is 1. The molecule has 0 aliphatic rings. The summed E-state index contributed by atoms with van der Waals surface area (Å²) < 4.78 is 13.7. The molecule has 88 valence electrons. The molecule has 16 heavy (non-hydrogen) atoms. The number of hydrogen-bond acceptors (Lipinski definition) is 2. The lowest BCUT2D eigenvalue weighted by molar-refractivity contribution is -0.142. The molecule has 0 heterocycles. The Morgan fingerprint density at radius 2 is 2.19 bits per heavy atom. The third-order valence-electron chi connectivity index (χ3n) is 2.37. The lowest BCUT2D eigenvalue weighted by Crippen LogP contribution is -2.35. The molecule has 0 spiro atoms. The first-order valence-corrected chi connectivity index (χ1v) is 5.57. The number of carboxylic acid groups (broad SMARTS) is 1. The third kappa shape index (κ3) is 3.57. The highest BCUT2D eigenvalue weighted by Gasteiger charge is 2.16. The number of rotatable bonds is 4. The quantitative estimate of drug-likeness (QED) is 0.926. The lowest BCUT2D eigenvalue weighted by atomic mass is 10.2. The van der Waals surface area contributed by atoms with Crippen molar-refractivity contribution in [3.63, 3.8) is 0 Å². The van der Waals surface area contributed by atoms with Gasteiger partial charge in [-0.05, 0) is 37.7 Å². The van der Waals surface area contributed by atoms with E-state index >= 15 is 0 Å². The van der Waals surface area contributed by atoms with Crippen LogP contribution in [0.1, 0.15) is 12.5 Å². The maximum absolute atomic E-state index is 13.1. The van der Waals surface area contributed by atoms with Crippen molar-refractivity contribution in [2.45, 2.75) is 19.5 Å². The van der Waals surface area contributed by atoms with Crippen LogP contribution in [-0.2, 0) is 11.3 Å². The Morgan fingerprint density at radius 3 is 2.69 bits per heavy atom. The summed E-state index contributed by atoms with van der Waals surface area (Å²) >= 11 is 3.19. The summed E-state index contributed by atoms with van der Waals surface area (Å²) in [4.78, 5) is 12.4. The molecule has 1 N–H and O–H groups in total. The number of likely N-dealkylation sites (N-methyl/N-ethyl adjacent to an activating group) is 1. The first kappa shape index (κ1) is 13.1. The van der Waals surface area contributed by atoms with E-state index in [2.05, 4.69) is 15.9 Å². The van der Waals surface area contributed by atoms with Gasteiger partial charge in [-0.2, -0.15) is 0 Å². The van der Waals surface area contributed by atoms with Gasteiger partial charge >= 0.3 is 5.97 Å². The van der Waals surface area contributed by atoms with Gasteiger partial charge in [-0.15, -0.1) is 0 Å². The SMILES string of the molecule is CC(C(=O)O)N(C)Cc1cc(F)cc(Br)c1. The molecule has 1 atom stereocenters. The van der Waals surface area contributed by atoms with Crippen LogP contribution in [0.2, 0.25) is 0 Å². The Hall–Kier alpha value is -0.940. The largest absolute Gasteiger partial charge is 0.480 e. The van der Waals surface area contributed by atoms with Crippen LogP contribution in [0.3, 0.4) is 0 Å². The molecule has 0 bridgehead atoms. The zero-order valence-electron chi connectivity index (χ0n) is 9.08. The number of halogens is 2. The summed E-state index contributed by atoms with van der Waals surface area (Å²) in [6.45, 7) is 1.99. The van der Waals surface area contributed by atoms with Crippen molar-refractivity contribution in [1.82, 2.24) is 4.90 Å². The Kier molecular flexibility index (Phi) is 4.44. The van der Waals surface area contributed by atoms with Crippen LogP contribution in [-0.4, -0.2) is 29.1 Å². The summed E-state index contributed by atoms with van der Waals surface area (Å²) in [5.74, 6) is -1.22. The average Bonchev–Trinajstić information content (AvgIpc) is 2.14. The van der Waals surface area contributed by atoms with Gasteiger partial charge in [0.1, 0.15) is 11.9 Å². The summed E-state index contributed by atoms with van der Waals surface area (Å²) in [6.07, 6.45) is 0. The summed E-state index contributed by atoms with van der Waals surface area (Å²) in [5.41, 5.74) is 0.738. The van der Waals surface area contributed by atoms with Gasteiger partial charge < -0.3 is 5.11 Å². The van der Waals surface area contributed by atoms with Crippen LogP contribution in [0.25, 0.3) is 0 Å². The van der Waals surface area contributed by atoms with E-state index in [-0.39, 0.29) is 5.82 Å². The molecule has 0 radical (unpaired) electrons. The van der Waals surface area contributed by atoms with Gasteiger partial charge in [0.05, 0.1) is 0 Å². The highest BCUT2D eigenvalue weighted by molar-refractivity contribution is 9.10. The van der Waals surface area contributed by atoms with Crippen molar-refractivity contribution < 1.29 is 14.3 Å². The first-order valence-electron chi connectivity index (χ1n) is 4.78. The van der Waals surface area contributed by atoms with Crippen molar-refractivity contribution in [3.8, 4) is 0 Å². The van der Waals surface area contributed by atoms with Crippen LogP contribution >= 0.6 is 15.9 Å². The van der Waals surface area contributed by atoms with Crippen LogP contribution in [0.5, 0.6) is 0 Å². The second-order valence-corrected chi connectivity index (χ2v) is 4.62. The van der Waals surface area contributed by atoms with Gasteiger partial charge in [0, 0.05) is 11.0 Å². The predicted molar refractivity (Wildman–Crippen MR) is 62.7 cm³/mol. The number of nitrogens with zero attached hydrogens (tertiary/aromatic N) is 1. The molecule has 1 unspecified atom stereocenters. The highest BCUT2D eigenvalue weighted by Crippen LogP contribution is 2.16. The Labute approximate surface area is 102 Å². The molecule has 0 amide bonds. The maximum Gasteiger partial charge on any atom is 0.320 e. The fraction of sp³-hybridized carbons (Fsp3) is 0.364. The molecule has 0 saturated heterocycles. The Morgan fingerprint density at radius 1 is 1.56 bits per heavy atom. The topological polar surface area (TPSA) is 40.5 Å². The van der Waals surface area contributed by atoms with Crippen molar-refractivity contribution >= 4 is 21.9 Å². The molecule has 0 aliphatic heterocycles. The molecule has 3 nitrogen and oxygen atoms in total. The van der Waals surface area contributed by atoms with Crippen molar-refractivity contribution in [2.24, 2.45) is 0 Å². The van der Waals surface area contributed by atoms with Gasteiger partial charge in [-0.1, -0.05) is 15.9 Å². The normalized spacial score (nSPS) is 12.8. The zero-order chi connectivity index (χ0) is 12.3. The molecule has 1 aromatic carbocycles. The third-order valence-corrected chi connectivity index (χ3v) is 2.83. The molecule has 0 fully saturated rings. The summed E-state index contributed by atoms with van der Waals surface area (Å²) in [5, 5.41) is 8.81. The molecule has 0 aliphatic carbocycles. The number of aliphatic carboxylic acids is 1. The average molecular weight is 290 g/mol. The molecule has 0 aromatic heterocycles. The highest BCUT2D eigenvalue weighted by atomic mass is 79.9. The minimum Gasteiger partial charge on any atom is -0.480 e. The fourth-order valence-corrected chi connectivity index (χ4v) is 1.83. The van der Waals surface area contributed by atoms with E-state index in [0.717, 1.165) is 5.56 Å². The number of carbonyl (C=O) groups is 1. The smallest absolute Gasteiger partial charge is 0.320 e. The van der Waals surface area contributed by atoms with Gasteiger partial charge in [0.25, 0.3) is 0 Å². The number of benzene rings is 1. The van der Waals surface area contributed by atoms with E-state index in [9.17, 15) is 9.18 Å². The monoisotopic (exact) mass is 289 g/mol. The molecule has 1 rings (SSSR count). The number of hydrogen-bond donors (Lipinski definition) is 1. The second-order valence-electron chi connectivity index (χ2n) is 3.71. The van der Waals surface area contributed by atoms with E-state index in [4.69, 9.17) is 5.11 Å². The fourth-order valence-electron chi connectivity index (χ4n) is 1.32. The van der Waals surface area contributed by atoms with Crippen molar-refractivity contribution in [1.29, 1.82) is 0 Å². The van der Waals surface area contributed by atoms with E-state index < -0.39 is 12.0 Å². The standard InChI is InChI=1S/C11H13BrFNO2/c1-7(11(15)16)14(2)6-8-3-9(12)5-10(13)4-8/h3-5,7H,6H2,1-2H3,(H,15,16). The molecule has 0 saturated carbocycles. The maximum atomic E-state index is 13.1. The molecular weight excluding hydrogens is 277 g/mol. The van der Waals surface area contributed by atoms with Crippen LogP contribution in [0.4, 0.5) is 4.39 Å². The second kappa shape index (κ2) is 5.41. The first-order chi connectivity index (χ1) is 7.40. The van der Waals surface area contributed by atoms with E-state index in [1.54, 1.807) is 24.9 Å². The van der Waals surface area contributed by atoms with Gasteiger partial charge in [0.15, 0.2) is 0 Å². The minimum atomic E-state index is -0.891. The van der Waals surface area contributed by atoms with Crippen LogP contribution < -0.4 is 0 Å². The van der Waals surface area contributed by atoms with Crippen molar-refractivity contribution in [2.75, 3.05) is 7.05 Å². The van der Waals surface area contributed by atoms with E-state index in [1.165, 1.54) is 12.1 Å². The van der Waals surface area contributed by atoms with E-state index in [1.807, 2.05) is 0 Å². The zero-order valence-corrected chi connectivity index (χ0v) is 10.7. The van der Waals surface area contributed by atoms with Crippen LogP contribution in [0, 0.1) is 5.82 Å². The minimum absolute atomic E-state index is 0.333. The van der Waals surface area contributed by atoms with Gasteiger partial charge in [-0.25, -0.2) is 4.39 Å². The Balaban J connectivity index is 2.76. The molecule has 5 heteroatoms. The van der Waals surface area contributed by atoms with Crippen molar-refractivity contribution in [3.05, 3.63) is 34.1 Å². The van der Waals surface area contributed by atoms with Gasteiger partial charge in [0.2, 0.25) is 0 Å².